The van der Waals surface area contributed by atoms with Crippen LogP contribution < -0.4 is 10.1 Å². The number of aliphatic hydroxyl groups is 1. The number of urea groups is 1. The van der Waals surface area contributed by atoms with Crippen molar-refractivity contribution in [1.29, 1.82) is 0 Å². The Labute approximate surface area is 126 Å². The van der Waals surface area contributed by atoms with Gasteiger partial charge < -0.3 is 20.1 Å². The molecule has 0 aliphatic heterocycles. The zero-order valence-electron chi connectivity index (χ0n) is 13.6. The first kappa shape index (κ1) is 17.3. The molecular formula is C16H26N2O3. The van der Waals surface area contributed by atoms with Gasteiger partial charge in [0.25, 0.3) is 0 Å². The molecule has 2 amide bonds. The normalized spacial score (nSPS) is 11.1. The van der Waals surface area contributed by atoms with Gasteiger partial charge in [-0.15, -0.1) is 0 Å². The first-order valence-electron chi connectivity index (χ1n) is 7.10. The van der Waals surface area contributed by atoms with Crippen LogP contribution in [0.15, 0.2) is 18.2 Å². The lowest BCUT2D eigenvalue weighted by atomic mass is 10.1. The molecule has 1 rings (SSSR count). The van der Waals surface area contributed by atoms with Crippen molar-refractivity contribution in [1.82, 2.24) is 10.2 Å². The standard InChI is InChI=1S/C16H26N2O3/c1-12-8-13(2)10-14(9-12)21-7-6-17-15(19)18(5)11-16(3,4)20/h8-10,20H,6-7,11H2,1-5H3,(H,17,19). The van der Waals surface area contributed by atoms with E-state index in [0.717, 1.165) is 16.9 Å². The highest BCUT2D eigenvalue weighted by Gasteiger charge is 2.18. The summed E-state index contributed by atoms with van der Waals surface area (Å²) in [6.07, 6.45) is 0. The summed E-state index contributed by atoms with van der Waals surface area (Å²) in [7, 11) is 1.65. The fourth-order valence-electron chi connectivity index (χ4n) is 2.13. The van der Waals surface area contributed by atoms with Crippen LogP contribution in [0.5, 0.6) is 5.75 Å². The summed E-state index contributed by atoms with van der Waals surface area (Å²) in [5.74, 6) is 0.812. The van der Waals surface area contributed by atoms with Crippen LogP contribution in [0.3, 0.4) is 0 Å². The van der Waals surface area contributed by atoms with Gasteiger partial charge in [-0.1, -0.05) is 6.07 Å². The van der Waals surface area contributed by atoms with E-state index >= 15 is 0 Å². The number of nitrogens with one attached hydrogen (secondary N) is 1. The minimum absolute atomic E-state index is 0.221. The maximum Gasteiger partial charge on any atom is 0.317 e. The lowest BCUT2D eigenvalue weighted by molar-refractivity contribution is 0.0531. The van der Waals surface area contributed by atoms with E-state index < -0.39 is 5.60 Å². The quantitative estimate of drug-likeness (QED) is 0.790. The van der Waals surface area contributed by atoms with Crippen molar-refractivity contribution in [2.45, 2.75) is 33.3 Å². The van der Waals surface area contributed by atoms with E-state index in [-0.39, 0.29) is 12.6 Å². The third-order valence-electron chi connectivity index (χ3n) is 2.81. The fourth-order valence-corrected chi connectivity index (χ4v) is 2.13. The van der Waals surface area contributed by atoms with E-state index in [1.165, 1.54) is 4.90 Å². The predicted molar refractivity (Wildman–Crippen MR) is 83.7 cm³/mol. The highest BCUT2D eigenvalue weighted by atomic mass is 16.5. The second kappa shape index (κ2) is 7.31. The summed E-state index contributed by atoms with van der Waals surface area (Å²) in [5.41, 5.74) is 1.40. The molecule has 0 spiro atoms. The monoisotopic (exact) mass is 294 g/mol. The Morgan fingerprint density at radius 2 is 1.86 bits per heavy atom. The van der Waals surface area contributed by atoms with Gasteiger partial charge in [0.2, 0.25) is 0 Å². The molecule has 0 aliphatic rings. The molecule has 0 atom stereocenters. The zero-order chi connectivity index (χ0) is 16.0. The van der Waals surface area contributed by atoms with Crippen molar-refractivity contribution in [3.05, 3.63) is 29.3 Å². The highest BCUT2D eigenvalue weighted by molar-refractivity contribution is 5.73. The maximum absolute atomic E-state index is 11.8. The first-order chi connectivity index (χ1) is 9.67. The van der Waals surface area contributed by atoms with Gasteiger partial charge in [0.15, 0.2) is 0 Å². The van der Waals surface area contributed by atoms with Gasteiger partial charge in [-0.05, 0) is 51.0 Å². The number of ether oxygens (including phenoxy) is 1. The van der Waals surface area contributed by atoms with E-state index in [0.29, 0.717) is 13.2 Å². The Hall–Kier alpha value is -1.75. The average molecular weight is 294 g/mol. The van der Waals surface area contributed by atoms with Crippen LogP contribution in [0.2, 0.25) is 0 Å². The molecule has 118 valence electrons. The van der Waals surface area contributed by atoms with Crippen molar-refractivity contribution >= 4 is 6.03 Å². The van der Waals surface area contributed by atoms with Crippen LogP contribution in [0.4, 0.5) is 4.79 Å². The molecule has 0 aromatic heterocycles. The molecule has 5 nitrogen and oxygen atoms in total. The van der Waals surface area contributed by atoms with Gasteiger partial charge in [-0.25, -0.2) is 4.79 Å². The predicted octanol–water partition coefficient (Wildman–Crippen LogP) is 2.09. The zero-order valence-corrected chi connectivity index (χ0v) is 13.6. The maximum atomic E-state index is 11.8. The molecule has 0 aliphatic carbocycles. The second-order valence-corrected chi connectivity index (χ2v) is 6.07. The Morgan fingerprint density at radius 3 is 2.38 bits per heavy atom. The summed E-state index contributed by atoms with van der Waals surface area (Å²) < 4.78 is 5.62. The number of likely N-dealkylation sites (N-methyl/N-ethyl adjacent to an activating group) is 1. The Morgan fingerprint density at radius 1 is 1.29 bits per heavy atom. The molecule has 0 bridgehead atoms. The first-order valence-corrected chi connectivity index (χ1v) is 7.10. The van der Waals surface area contributed by atoms with Crippen molar-refractivity contribution < 1.29 is 14.6 Å². The number of carbonyl (C=O) groups excluding carboxylic acids is 1. The van der Waals surface area contributed by atoms with Crippen molar-refractivity contribution in [2.75, 3.05) is 26.7 Å². The van der Waals surface area contributed by atoms with Crippen LogP contribution in [0.25, 0.3) is 0 Å². The van der Waals surface area contributed by atoms with E-state index in [4.69, 9.17) is 4.74 Å². The topological polar surface area (TPSA) is 61.8 Å². The van der Waals surface area contributed by atoms with Gasteiger partial charge >= 0.3 is 6.03 Å². The minimum Gasteiger partial charge on any atom is -0.492 e. The third-order valence-corrected chi connectivity index (χ3v) is 2.81. The van der Waals surface area contributed by atoms with E-state index in [1.54, 1.807) is 20.9 Å². The molecule has 0 saturated carbocycles. The molecule has 21 heavy (non-hydrogen) atoms. The Balaban J connectivity index is 2.32. The van der Waals surface area contributed by atoms with Crippen molar-refractivity contribution in [3.63, 3.8) is 0 Å². The number of hydrogen-bond donors (Lipinski definition) is 2. The lowest BCUT2D eigenvalue weighted by Gasteiger charge is -2.25. The molecule has 2 N–H and O–H groups in total. The van der Waals surface area contributed by atoms with E-state index in [1.807, 2.05) is 26.0 Å². The van der Waals surface area contributed by atoms with Crippen LogP contribution in [0.1, 0.15) is 25.0 Å². The molecule has 0 heterocycles. The second-order valence-electron chi connectivity index (χ2n) is 6.07. The number of aryl methyl sites for hydroxylation is 2. The smallest absolute Gasteiger partial charge is 0.317 e. The molecule has 0 saturated heterocycles. The van der Waals surface area contributed by atoms with Gasteiger partial charge in [0.1, 0.15) is 12.4 Å². The van der Waals surface area contributed by atoms with Gasteiger partial charge in [0.05, 0.1) is 18.7 Å². The largest absolute Gasteiger partial charge is 0.492 e. The number of nitrogens with zero attached hydrogens (tertiary/aromatic N) is 1. The van der Waals surface area contributed by atoms with Crippen LogP contribution >= 0.6 is 0 Å². The number of carbonyl (C=O) groups is 1. The molecule has 0 fully saturated rings. The number of rotatable bonds is 6. The summed E-state index contributed by atoms with van der Waals surface area (Å²) in [5, 5.41) is 12.4. The average Bonchev–Trinajstić information content (AvgIpc) is 2.31. The third kappa shape index (κ3) is 6.99. The van der Waals surface area contributed by atoms with Crippen LogP contribution in [-0.2, 0) is 0 Å². The lowest BCUT2D eigenvalue weighted by Crippen LogP contribution is -2.45. The number of hydrogen-bond acceptors (Lipinski definition) is 3. The van der Waals surface area contributed by atoms with Crippen LogP contribution in [-0.4, -0.2) is 48.4 Å². The summed E-state index contributed by atoms with van der Waals surface area (Å²) >= 11 is 0. The Kier molecular flexibility index (Phi) is 6.03. The minimum atomic E-state index is -0.901. The van der Waals surface area contributed by atoms with Crippen molar-refractivity contribution in [2.24, 2.45) is 0 Å². The molecule has 1 aromatic rings. The Bertz CT molecular complexity index is 461. The summed E-state index contributed by atoms with van der Waals surface area (Å²) in [6.45, 7) is 8.48. The van der Waals surface area contributed by atoms with Gasteiger partial charge in [-0.2, -0.15) is 0 Å². The molecular weight excluding hydrogens is 268 g/mol. The number of amides is 2. The molecule has 0 unspecified atom stereocenters. The molecule has 0 radical (unpaired) electrons. The summed E-state index contributed by atoms with van der Waals surface area (Å²) in [4.78, 5) is 13.2. The van der Waals surface area contributed by atoms with Crippen molar-refractivity contribution in [3.8, 4) is 5.75 Å². The van der Waals surface area contributed by atoms with Crippen LogP contribution in [0, 0.1) is 13.8 Å². The SMILES string of the molecule is Cc1cc(C)cc(OCCNC(=O)N(C)CC(C)(C)O)c1. The van der Waals surface area contributed by atoms with E-state index in [9.17, 15) is 9.90 Å². The van der Waals surface area contributed by atoms with Gasteiger partial charge in [-0.3, -0.25) is 0 Å². The molecule has 5 heteroatoms. The summed E-state index contributed by atoms with van der Waals surface area (Å²) in [6, 6.07) is 5.80. The van der Waals surface area contributed by atoms with E-state index in [2.05, 4.69) is 11.4 Å². The van der Waals surface area contributed by atoms with Gasteiger partial charge in [0, 0.05) is 7.05 Å². The highest BCUT2D eigenvalue weighted by Crippen LogP contribution is 2.15. The molecule has 1 aromatic carbocycles. The fraction of sp³-hybridized carbons (Fsp3) is 0.562. The number of benzene rings is 1.